The Kier molecular flexibility index (Phi) is 5.56. The number of aliphatic hydroxyl groups is 4. The van der Waals surface area contributed by atoms with Gasteiger partial charge in [-0.2, -0.15) is 0 Å². The first-order valence-electron chi connectivity index (χ1n) is 9.63. The van der Waals surface area contributed by atoms with Crippen molar-refractivity contribution in [1.82, 2.24) is 0 Å². The van der Waals surface area contributed by atoms with E-state index in [1.807, 2.05) is 0 Å². The molecule has 0 bridgehead atoms. The number of benzene rings is 2. The number of phenols is 5. The summed E-state index contributed by atoms with van der Waals surface area (Å²) in [4.78, 5) is 0. The summed E-state index contributed by atoms with van der Waals surface area (Å²) in [6, 6.07) is 5.41. The van der Waals surface area contributed by atoms with Crippen molar-refractivity contribution in [1.29, 1.82) is 0 Å². The predicted octanol–water partition coefficient (Wildman–Crippen LogP) is 0.0892. The van der Waals surface area contributed by atoms with Crippen LogP contribution in [0.25, 0.3) is 22.3 Å². The molecule has 9 N–H and O–H groups in total. The summed E-state index contributed by atoms with van der Waals surface area (Å²) in [6.45, 7) is -1.68. The normalized spacial score (nSPS) is 24.9. The average Bonchev–Trinajstić information content (AvgIpc) is 3.02. The third-order valence-electron chi connectivity index (χ3n) is 5.34. The molecule has 4 rings (SSSR count). The van der Waals surface area contributed by atoms with Crippen molar-refractivity contribution in [3.63, 3.8) is 0 Å². The Bertz CT molecular complexity index is 1190. The summed E-state index contributed by atoms with van der Waals surface area (Å²) in [5, 5.41) is 89.5. The molecule has 0 saturated carbocycles. The van der Waals surface area contributed by atoms with Crippen LogP contribution in [0.2, 0.25) is 0 Å². The Morgan fingerprint density at radius 1 is 0.909 bits per heavy atom. The zero-order chi connectivity index (χ0) is 24.1. The molecular weight excluding hydrogens is 444 g/mol. The van der Waals surface area contributed by atoms with Crippen molar-refractivity contribution in [2.45, 2.75) is 24.1 Å². The highest BCUT2D eigenvalue weighted by Crippen LogP contribution is 2.46. The van der Waals surface area contributed by atoms with Gasteiger partial charge >= 0.3 is 11.3 Å². The molecular formula is C21H21O12+. The van der Waals surface area contributed by atoms with E-state index in [0.717, 1.165) is 24.3 Å². The second-order valence-corrected chi connectivity index (χ2v) is 7.53. The molecule has 2 aromatic carbocycles. The maximum Gasteiger partial charge on any atom is 0.402 e. The van der Waals surface area contributed by atoms with Crippen LogP contribution in [0.1, 0.15) is 0 Å². The molecule has 4 atom stereocenters. The number of phenolic OH excluding ortho intramolecular Hbond substituents is 5. The number of rotatable bonds is 5. The fourth-order valence-corrected chi connectivity index (χ4v) is 3.63. The standard InChI is InChI=1S/C21H20O12/c22-6-16-18(29)20(30)21(7-23,33-16)32-15-5-10-11(25)3-9(24)4-14(10)31-19(15)8-1-12(26)17(28)13(27)2-8/h1-5,16,18,20,22-23,29-30H,6-7H2,(H4-,24,25,26,27,28)/p+1. The van der Waals surface area contributed by atoms with E-state index >= 15 is 0 Å². The fourth-order valence-electron chi connectivity index (χ4n) is 3.63. The first-order valence-corrected chi connectivity index (χ1v) is 9.63. The number of aromatic hydroxyl groups is 5. The molecule has 0 radical (unpaired) electrons. The quantitative estimate of drug-likeness (QED) is 0.181. The fraction of sp³-hybridized carbons (Fsp3) is 0.286. The van der Waals surface area contributed by atoms with E-state index in [1.165, 1.54) is 6.07 Å². The zero-order valence-electron chi connectivity index (χ0n) is 16.8. The maximum atomic E-state index is 10.5. The van der Waals surface area contributed by atoms with Crippen molar-refractivity contribution in [2.75, 3.05) is 13.2 Å². The largest absolute Gasteiger partial charge is 0.507 e. The second-order valence-electron chi connectivity index (χ2n) is 7.53. The first-order chi connectivity index (χ1) is 15.6. The summed E-state index contributed by atoms with van der Waals surface area (Å²) >= 11 is 0. The first kappa shape index (κ1) is 22.6. The smallest absolute Gasteiger partial charge is 0.402 e. The summed E-state index contributed by atoms with van der Waals surface area (Å²) in [5.74, 6) is -5.79. The van der Waals surface area contributed by atoms with Gasteiger partial charge in [0.2, 0.25) is 5.75 Å². The van der Waals surface area contributed by atoms with E-state index in [1.54, 1.807) is 0 Å². The molecule has 1 saturated heterocycles. The Labute approximate surface area is 185 Å². The van der Waals surface area contributed by atoms with E-state index in [2.05, 4.69) is 0 Å². The summed E-state index contributed by atoms with van der Waals surface area (Å²) in [6.07, 6.45) is -4.73. The molecule has 0 amide bonds. The monoisotopic (exact) mass is 465 g/mol. The van der Waals surface area contributed by atoms with Crippen LogP contribution >= 0.6 is 0 Å². The molecule has 1 fully saturated rings. The Hall–Kier alpha value is -3.55. The topological polar surface area (TPSA) is 212 Å². The van der Waals surface area contributed by atoms with E-state index in [0.29, 0.717) is 0 Å². The lowest BCUT2D eigenvalue weighted by molar-refractivity contribution is -0.230. The Balaban J connectivity index is 1.94. The Morgan fingerprint density at radius 3 is 2.15 bits per heavy atom. The van der Waals surface area contributed by atoms with E-state index in [4.69, 9.17) is 13.9 Å². The van der Waals surface area contributed by atoms with Gasteiger partial charge in [0.25, 0.3) is 5.79 Å². The van der Waals surface area contributed by atoms with Gasteiger partial charge in [-0.3, -0.25) is 0 Å². The number of aliphatic hydroxyl groups excluding tert-OH is 4. The molecule has 0 spiro atoms. The highest BCUT2D eigenvalue weighted by Gasteiger charge is 2.57. The Morgan fingerprint density at radius 2 is 1.58 bits per heavy atom. The van der Waals surface area contributed by atoms with Gasteiger partial charge in [0.15, 0.2) is 17.2 Å². The van der Waals surface area contributed by atoms with Crippen molar-refractivity contribution in [3.8, 4) is 45.8 Å². The second kappa shape index (κ2) is 8.10. The lowest BCUT2D eigenvalue weighted by Gasteiger charge is -2.30. The SMILES string of the molecule is OCC1OC(CO)(Oc2cc3c(O)cc(O)cc3[o+]c2-c2cc(O)c(O)c(O)c2)C(O)C1O. The van der Waals surface area contributed by atoms with Crippen LogP contribution in [0.15, 0.2) is 34.7 Å². The van der Waals surface area contributed by atoms with E-state index in [-0.39, 0.29) is 33.8 Å². The van der Waals surface area contributed by atoms with Gasteiger partial charge < -0.3 is 55.4 Å². The van der Waals surface area contributed by atoms with Gasteiger partial charge in [-0.25, -0.2) is 4.42 Å². The van der Waals surface area contributed by atoms with Crippen molar-refractivity contribution in [3.05, 3.63) is 30.3 Å². The molecule has 4 unspecified atom stereocenters. The molecule has 2 heterocycles. The molecule has 1 aliphatic heterocycles. The minimum absolute atomic E-state index is 0.0265. The van der Waals surface area contributed by atoms with E-state index < -0.39 is 60.3 Å². The lowest BCUT2D eigenvalue weighted by atomic mass is 10.0. The van der Waals surface area contributed by atoms with Gasteiger partial charge in [-0.15, -0.1) is 0 Å². The summed E-state index contributed by atoms with van der Waals surface area (Å²) in [5.41, 5.74) is -0.108. The van der Waals surface area contributed by atoms with Crippen LogP contribution in [0.3, 0.4) is 0 Å². The van der Waals surface area contributed by atoms with Gasteiger partial charge in [0.1, 0.15) is 41.8 Å². The molecule has 12 heteroatoms. The molecule has 12 nitrogen and oxygen atoms in total. The van der Waals surface area contributed by atoms with Crippen LogP contribution < -0.4 is 4.74 Å². The van der Waals surface area contributed by atoms with Crippen LogP contribution in [-0.2, 0) is 4.74 Å². The lowest BCUT2D eigenvalue weighted by Crippen LogP contribution is -2.51. The number of ether oxygens (including phenoxy) is 2. The number of fused-ring (bicyclic) bond motifs is 1. The highest BCUT2D eigenvalue weighted by atomic mass is 16.7. The zero-order valence-corrected chi connectivity index (χ0v) is 16.8. The van der Waals surface area contributed by atoms with Crippen LogP contribution in [0, 0.1) is 0 Å². The van der Waals surface area contributed by atoms with Crippen molar-refractivity contribution in [2.24, 2.45) is 0 Å². The van der Waals surface area contributed by atoms with Gasteiger partial charge in [-0.1, -0.05) is 0 Å². The van der Waals surface area contributed by atoms with Crippen LogP contribution in [-0.4, -0.2) is 83.3 Å². The van der Waals surface area contributed by atoms with E-state index in [9.17, 15) is 46.0 Å². The van der Waals surface area contributed by atoms with Crippen molar-refractivity contribution >= 4 is 11.0 Å². The van der Waals surface area contributed by atoms with Gasteiger partial charge in [0.05, 0.1) is 18.2 Å². The minimum atomic E-state index is -2.27. The minimum Gasteiger partial charge on any atom is -0.507 e. The summed E-state index contributed by atoms with van der Waals surface area (Å²) < 4.78 is 16.8. The molecule has 1 aliphatic rings. The van der Waals surface area contributed by atoms with Crippen molar-refractivity contribution < 1.29 is 59.8 Å². The molecule has 1 aromatic heterocycles. The average molecular weight is 465 g/mol. The molecule has 33 heavy (non-hydrogen) atoms. The highest BCUT2D eigenvalue weighted by molar-refractivity contribution is 5.88. The third kappa shape index (κ3) is 3.69. The maximum absolute atomic E-state index is 10.5. The third-order valence-corrected chi connectivity index (χ3v) is 5.34. The van der Waals surface area contributed by atoms with Crippen LogP contribution in [0.5, 0.6) is 34.5 Å². The molecule has 0 aliphatic carbocycles. The number of hydrogen-bond acceptors (Lipinski definition) is 11. The molecule has 3 aromatic rings. The van der Waals surface area contributed by atoms with Gasteiger partial charge in [0, 0.05) is 24.3 Å². The van der Waals surface area contributed by atoms with Gasteiger partial charge in [-0.05, 0) is 0 Å². The predicted molar refractivity (Wildman–Crippen MR) is 109 cm³/mol. The number of hydrogen-bond donors (Lipinski definition) is 9. The van der Waals surface area contributed by atoms with Crippen LogP contribution in [0.4, 0.5) is 0 Å². The molecule has 176 valence electrons. The summed E-state index contributed by atoms with van der Waals surface area (Å²) in [7, 11) is 0.